The molecule has 0 atom stereocenters. The minimum Gasteiger partial charge on any atom is -0.336 e. The fourth-order valence-electron chi connectivity index (χ4n) is 4.45. The summed E-state index contributed by atoms with van der Waals surface area (Å²) in [5, 5.41) is 10.4. The van der Waals surface area contributed by atoms with Crippen LogP contribution in [0.1, 0.15) is 62.3 Å². The van der Waals surface area contributed by atoms with Crippen LogP contribution >= 0.6 is 0 Å². The number of nitrogens with one attached hydrogen (secondary N) is 2. The van der Waals surface area contributed by atoms with Crippen LogP contribution < -0.4 is 10.6 Å². The van der Waals surface area contributed by atoms with E-state index in [9.17, 15) is 18.4 Å². The number of hydrogen-bond donors (Lipinski definition) is 2. The summed E-state index contributed by atoms with van der Waals surface area (Å²) in [5.74, 6) is -1.67. The molecule has 2 heterocycles. The van der Waals surface area contributed by atoms with Gasteiger partial charge in [-0.2, -0.15) is 5.10 Å². The zero-order chi connectivity index (χ0) is 28.3. The van der Waals surface area contributed by atoms with Crippen LogP contribution in [-0.2, 0) is 12.0 Å². The van der Waals surface area contributed by atoms with E-state index in [-0.39, 0.29) is 17.5 Å². The SMILES string of the molecule is CC(C)n1nc(C(C)(C)C)cc1NC(=O)Nc1ccc(CN2CCN(C(=O)c3c(F)cccc3F)CC2)cc1. The Hall–Kier alpha value is -3.79. The summed E-state index contributed by atoms with van der Waals surface area (Å²) in [6.45, 7) is 12.9. The van der Waals surface area contributed by atoms with Crippen molar-refractivity contribution in [2.45, 2.75) is 52.6 Å². The molecule has 1 aliphatic rings. The molecule has 208 valence electrons. The van der Waals surface area contributed by atoms with Gasteiger partial charge in [0.25, 0.3) is 5.91 Å². The van der Waals surface area contributed by atoms with Crippen molar-refractivity contribution in [3.05, 3.63) is 77.0 Å². The Bertz CT molecular complexity index is 1300. The summed E-state index contributed by atoms with van der Waals surface area (Å²) in [4.78, 5) is 29.0. The molecule has 0 saturated carbocycles. The predicted molar refractivity (Wildman–Crippen MR) is 148 cm³/mol. The quantitative estimate of drug-likeness (QED) is 0.426. The normalized spacial score (nSPS) is 14.5. The molecule has 0 bridgehead atoms. The number of halogens is 2. The molecule has 1 fully saturated rings. The Balaban J connectivity index is 1.29. The summed E-state index contributed by atoms with van der Waals surface area (Å²) < 4.78 is 29.8. The van der Waals surface area contributed by atoms with Gasteiger partial charge in [0.05, 0.1) is 5.69 Å². The van der Waals surface area contributed by atoms with Gasteiger partial charge in [-0.25, -0.2) is 18.3 Å². The Morgan fingerprint density at radius 3 is 2.13 bits per heavy atom. The molecule has 4 rings (SSSR count). The van der Waals surface area contributed by atoms with Crippen molar-refractivity contribution in [3.8, 4) is 0 Å². The van der Waals surface area contributed by atoms with E-state index in [1.807, 2.05) is 48.9 Å². The molecule has 2 N–H and O–H groups in total. The third-order valence-electron chi connectivity index (χ3n) is 6.69. The van der Waals surface area contributed by atoms with Crippen LogP contribution in [0.25, 0.3) is 0 Å². The molecule has 3 aromatic rings. The molecule has 0 unspecified atom stereocenters. The van der Waals surface area contributed by atoms with E-state index in [2.05, 4.69) is 41.4 Å². The first-order chi connectivity index (χ1) is 18.4. The molecule has 10 heteroatoms. The number of hydrogen-bond acceptors (Lipinski definition) is 4. The summed E-state index contributed by atoms with van der Waals surface area (Å²) in [6.07, 6.45) is 0. The topological polar surface area (TPSA) is 82.5 Å². The Morgan fingerprint density at radius 1 is 0.949 bits per heavy atom. The first-order valence-electron chi connectivity index (χ1n) is 13.1. The summed E-state index contributed by atoms with van der Waals surface area (Å²) >= 11 is 0. The van der Waals surface area contributed by atoms with Gasteiger partial charge in [-0.3, -0.25) is 15.0 Å². The van der Waals surface area contributed by atoms with E-state index in [0.717, 1.165) is 23.4 Å². The number of urea groups is 1. The first-order valence-corrected chi connectivity index (χ1v) is 13.1. The van der Waals surface area contributed by atoms with Gasteiger partial charge in [0.15, 0.2) is 0 Å². The van der Waals surface area contributed by atoms with Gasteiger partial charge in [-0.05, 0) is 43.7 Å². The second-order valence-electron chi connectivity index (χ2n) is 11.1. The molecule has 3 amide bonds. The summed E-state index contributed by atoms with van der Waals surface area (Å²) in [6, 6.07) is 12.7. The maximum Gasteiger partial charge on any atom is 0.324 e. The van der Waals surface area contributed by atoms with Gasteiger partial charge in [0.1, 0.15) is 23.0 Å². The molecular formula is C29H36F2N6O2. The van der Waals surface area contributed by atoms with Crippen LogP contribution in [-0.4, -0.2) is 57.7 Å². The highest BCUT2D eigenvalue weighted by Gasteiger charge is 2.26. The van der Waals surface area contributed by atoms with Gasteiger partial charge < -0.3 is 10.2 Å². The number of aromatic nitrogens is 2. The second-order valence-corrected chi connectivity index (χ2v) is 11.1. The molecule has 1 aromatic heterocycles. The monoisotopic (exact) mass is 538 g/mol. The molecule has 2 aromatic carbocycles. The highest BCUT2D eigenvalue weighted by Crippen LogP contribution is 2.26. The van der Waals surface area contributed by atoms with Crippen molar-refractivity contribution in [1.29, 1.82) is 0 Å². The molecular weight excluding hydrogens is 502 g/mol. The highest BCUT2D eigenvalue weighted by atomic mass is 19.1. The lowest BCUT2D eigenvalue weighted by Crippen LogP contribution is -2.48. The summed E-state index contributed by atoms with van der Waals surface area (Å²) in [7, 11) is 0. The van der Waals surface area contributed by atoms with Crippen molar-refractivity contribution in [2.24, 2.45) is 0 Å². The van der Waals surface area contributed by atoms with Gasteiger partial charge in [-0.1, -0.05) is 39.0 Å². The number of anilines is 2. The minimum absolute atomic E-state index is 0.0938. The molecule has 0 radical (unpaired) electrons. The van der Waals surface area contributed by atoms with E-state index >= 15 is 0 Å². The molecule has 8 nitrogen and oxygen atoms in total. The zero-order valence-electron chi connectivity index (χ0n) is 23.1. The van der Waals surface area contributed by atoms with Gasteiger partial charge in [-0.15, -0.1) is 0 Å². The number of benzene rings is 2. The van der Waals surface area contributed by atoms with Crippen LogP contribution in [0.4, 0.5) is 25.1 Å². The molecule has 39 heavy (non-hydrogen) atoms. The van der Waals surface area contributed by atoms with Crippen molar-refractivity contribution in [1.82, 2.24) is 19.6 Å². The van der Waals surface area contributed by atoms with E-state index in [1.54, 1.807) is 0 Å². The fourth-order valence-corrected chi connectivity index (χ4v) is 4.45. The van der Waals surface area contributed by atoms with Crippen LogP contribution in [0.2, 0.25) is 0 Å². The van der Waals surface area contributed by atoms with Gasteiger partial charge in [0, 0.05) is 55.9 Å². The average molecular weight is 539 g/mol. The standard InChI is InChI=1S/C29H36F2N6O2/c1-19(2)37-25(17-24(34-37)29(3,4)5)33-28(39)32-21-11-9-20(10-12-21)18-35-13-15-36(16-14-35)27(38)26-22(30)7-6-8-23(26)31/h6-12,17,19H,13-16,18H2,1-5H3,(H2,32,33,39). The lowest BCUT2D eigenvalue weighted by Gasteiger charge is -2.34. The van der Waals surface area contributed by atoms with E-state index in [0.29, 0.717) is 44.2 Å². The van der Waals surface area contributed by atoms with Crippen LogP contribution in [0.5, 0.6) is 0 Å². The largest absolute Gasteiger partial charge is 0.336 e. The van der Waals surface area contributed by atoms with Crippen LogP contribution in [0.3, 0.4) is 0 Å². The minimum atomic E-state index is -0.843. The third-order valence-corrected chi connectivity index (χ3v) is 6.69. The lowest BCUT2D eigenvalue weighted by atomic mass is 9.92. The Morgan fingerprint density at radius 2 is 1.56 bits per heavy atom. The molecule has 1 saturated heterocycles. The number of carbonyl (C=O) groups excluding carboxylic acids is 2. The number of nitrogens with zero attached hydrogens (tertiary/aromatic N) is 4. The van der Waals surface area contributed by atoms with Gasteiger partial charge >= 0.3 is 6.03 Å². The van der Waals surface area contributed by atoms with Crippen molar-refractivity contribution < 1.29 is 18.4 Å². The predicted octanol–water partition coefficient (Wildman–Crippen LogP) is 5.64. The van der Waals surface area contributed by atoms with E-state index in [4.69, 9.17) is 0 Å². The first kappa shape index (κ1) is 28.2. The smallest absolute Gasteiger partial charge is 0.324 e. The van der Waals surface area contributed by atoms with E-state index < -0.39 is 23.1 Å². The number of carbonyl (C=O) groups is 2. The zero-order valence-corrected chi connectivity index (χ0v) is 23.1. The molecule has 1 aliphatic heterocycles. The average Bonchev–Trinajstić information content (AvgIpc) is 3.30. The maximum atomic E-state index is 14.0. The Kier molecular flexibility index (Phi) is 8.34. The third kappa shape index (κ3) is 6.81. The second kappa shape index (κ2) is 11.5. The number of amides is 3. The van der Waals surface area contributed by atoms with Crippen LogP contribution in [0, 0.1) is 11.6 Å². The number of rotatable bonds is 6. The summed E-state index contributed by atoms with van der Waals surface area (Å²) in [5.41, 5.74) is 1.98. The highest BCUT2D eigenvalue weighted by molar-refractivity contribution is 5.99. The van der Waals surface area contributed by atoms with E-state index in [1.165, 1.54) is 11.0 Å². The Labute approximate surface area is 228 Å². The van der Waals surface area contributed by atoms with Crippen molar-refractivity contribution in [3.63, 3.8) is 0 Å². The fraction of sp³-hybridized carbons (Fsp3) is 0.414. The number of piperazine rings is 1. The lowest BCUT2D eigenvalue weighted by molar-refractivity contribution is 0.0619. The molecule has 0 spiro atoms. The maximum absolute atomic E-state index is 14.0. The molecule has 0 aliphatic carbocycles. The van der Waals surface area contributed by atoms with Crippen molar-refractivity contribution in [2.75, 3.05) is 36.8 Å². The van der Waals surface area contributed by atoms with Gasteiger partial charge in [0.2, 0.25) is 0 Å². The van der Waals surface area contributed by atoms with Crippen LogP contribution in [0.15, 0.2) is 48.5 Å². The van der Waals surface area contributed by atoms with Crippen molar-refractivity contribution >= 4 is 23.4 Å².